The first-order chi connectivity index (χ1) is 11.3. The maximum atomic E-state index is 10.6. The Hall–Kier alpha value is -1.60. The number of ether oxygens (including phenoxy) is 1. The van der Waals surface area contributed by atoms with Crippen LogP contribution < -0.4 is 17.5 Å². The zero-order chi connectivity index (χ0) is 20.5. The molecular formula is C19H37Cl2N3O3. The summed E-state index contributed by atoms with van der Waals surface area (Å²) in [5, 5.41) is 15.4. The van der Waals surface area contributed by atoms with Gasteiger partial charge in [-0.1, -0.05) is 32.4 Å². The third-order valence-corrected chi connectivity index (χ3v) is 2.61. The number of quaternary nitrogens is 2. The number of halogens is 2. The van der Waals surface area contributed by atoms with Crippen LogP contribution >= 0.6 is 12.4 Å². The van der Waals surface area contributed by atoms with Crippen LogP contribution in [0.1, 0.15) is 0 Å². The highest BCUT2D eigenvalue weighted by Gasteiger charge is 2.08. The lowest BCUT2D eigenvalue weighted by Gasteiger charge is -2.26. The van der Waals surface area contributed by atoms with Crippen molar-refractivity contribution in [2.75, 3.05) is 61.5 Å². The minimum Gasteiger partial charge on any atom is -1.00 e. The highest BCUT2D eigenvalue weighted by atomic mass is 35.5. The molecule has 0 aliphatic rings. The van der Waals surface area contributed by atoms with Gasteiger partial charge in [0.25, 0.3) is 0 Å². The van der Waals surface area contributed by atoms with E-state index in [9.17, 15) is 9.90 Å². The molecule has 8 heteroatoms. The predicted octanol–water partition coefficient (Wildman–Crippen LogP) is -1.21. The van der Waals surface area contributed by atoms with Gasteiger partial charge in [-0.05, 0) is 18.0 Å². The molecule has 0 aromatic carbocycles. The normalized spacial score (nSPS) is 9.22. The Morgan fingerprint density at radius 3 is 1.59 bits per heavy atom. The molecule has 0 saturated heterocycles. The quantitative estimate of drug-likeness (QED) is 0.126. The van der Waals surface area contributed by atoms with E-state index in [1.54, 1.807) is 0 Å². The molecule has 27 heavy (non-hydrogen) atoms. The van der Waals surface area contributed by atoms with Crippen LogP contribution in [0.25, 0.3) is 0 Å². The van der Waals surface area contributed by atoms with Crippen LogP contribution in [0.5, 0.6) is 0 Å². The summed E-state index contributed by atoms with van der Waals surface area (Å²) in [7, 11) is 10.4. The Labute approximate surface area is 178 Å². The Morgan fingerprint density at radius 1 is 1.00 bits per heavy atom. The molecule has 0 fully saturated rings. The second-order valence-electron chi connectivity index (χ2n) is 6.83. The fraction of sp³-hybridized carbons (Fsp3) is 0.474. The number of nitrogens with zero attached hydrogens (tertiary/aromatic N) is 2. The molecule has 0 aliphatic heterocycles. The first-order valence-electron chi connectivity index (χ1n) is 7.86. The van der Waals surface area contributed by atoms with E-state index in [0.29, 0.717) is 6.61 Å². The number of esters is 1. The van der Waals surface area contributed by atoms with Gasteiger partial charge in [-0.2, -0.15) is 0 Å². The summed E-state index contributed by atoms with van der Waals surface area (Å²) in [5.74, 6) is -1.08. The van der Waals surface area contributed by atoms with Gasteiger partial charge in [0.05, 0.1) is 48.3 Å². The van der Waals surface area contributed by atoms with E-state index in [0.717, 1.165) is 34.7 Å². The van der Waals surface area contributed by atoms with E-state index >= 15 is 0 Å². The number of hydrogen-bond acceptors (Lipinski definition) is 4. The lowest BCUT2D eigenvalue weighted by atomic mass is 10.4. The van der Waals surface area contributed by atoms with Gasteiger partial charge in [0.1, 0.15) is 13.2 Å². The second kappa shape index (κ2) is 20.7. The molecule has 160 valence electrons. The van der Waals surface area contributed by atoms with Gasteiger partial charge in [0.2, 0.25) is 0 Å². The standard InChI is InChI=1S/C8H16NO2.C8H16N.C3H5NO.2ClH/c1-5-8(10)11-7-6-9(2,3)4;1-5-7-9(3,4)8-6-2;1-2-3(4)5;;/h5H,1,6-7H2,2-4H3;5-6H,1-2,7-8H2,3-4H3;2H,1H2,(H2,4,5);2*1H/q2*+1;;;/p-2. The lowest BCUT2D eigenvalue weighted by Crippen LogP contribution is -3.00. The van der Waals surface area contributed by atoms with Gasteiger partial charge in [-0.25, -0.2) is 4.79 Å². The van der Waals surface area contributed by atoms with E-state index in [2.05, 4.69) is 40.4 Å². The van der Waals surface area contributed by atoms with Gasteiger partial charge in [0.15, 0.2) is 0 Å². The number of hydrogen-bond donors (Lipinski definition) is 1. The van der Waals surface area contributed by atoms with Gasteiger partial charge < -0.3 is 36.6 Å². The van der Waals surface area contributed by atoms with Crippen molar-refractivity contribution in [3.8, 4) is 0 Å². The van der Waals surface area contributed by atoms with Crippen molar-refractivity contribution in [2.45, 2.75) is 0 Å². The molecule has 0 heterocycles. The van der Waals surface area contributed by atoms with Crippen LogP contribution in [0.2, 0.25) is 0 Å². The SMILES string of the molecule is C=CC(=N)[O-].C=CC(=O)OCC[N+](C)(C)C.C=CC[N+](C)(C)CC=C.Cl.[Cl-]. The highest BCUT2D eigenvalue weighted by Crippen LogP contribution is 1.95. The molecule has 0 aromatic heterocycles. The first kappa shape index (κ1) is 36.3. The number of rotatable bonds is 9. The fourth-order valence-corrected chi connectivity index (χ4v) is 1.25. The molecule has 0 bridgehead atoms. The predicted molar refractivity (Wildman–Crippen MR) is 111 cm³/mol. The van der Waals surface area contributed by atoms with E-state index < -0.39 is 5.90 Å². The maximum Gasteiger partial charge on any atom is 0.330 e. The molecule has 0 aliphatic carbocycles. The lowest BCUT2D eigenvalue weighted by molar-refractivity contribution is -0.878. The summed E-state index contributed by atoms with van der Waals surface area (Å²) in [6.45, 7) is 17.0. The fourth-order valence-electron chi connectivity index (χ4n) is 1.25. The van der Waals surface area contributed by atoms with Gasteiger partial charge in [-0.3, -0.25) is 0 Å². The molecule has 1 N–H and O–H groups in total. The molecule has 0 radical (unpaired) electrons. The molecular weight excluding hydrogens is 389 g/mol. The molecule has 0 aromatic rings. The minimum absolute atomic E-state index is 0. The van der Waals surface area contributed by atoms with E-state index in [-0.39, 0.29) is 30.8 Å². The Bertz CT molecular complexity index is 434. The van der Waals surface area contributed by atoms with Crippen LogP contribution in [-0.4, -0.2) is 82.3 Å². The maximum absolute atomic E-state index is 10.6. The summed E-state index contributed by atoms with van der Waals surface area (Å²) in [4.78, 5) is 10.6. The zero-order valence-electron chi connectivity index (χ0n) is 17.4. The van der Waals surface area contributed by atoms with Gasteiger partial charge in [-0.15, -0.1) is 12.4 Å². The van der Waals surface area contributed by atoms with Gasteiger partial charge in [0, 0.05) is 6.08 Å². The van der Waals surface area contributed by atoms with Crippen molar-refractivity contribution < 1.29 is 36.0 Å². The molecule has 6 nitrogen and oxygen atoms in total. The third kappa shape index (κ3) is 40.4. The summed E-state index contributed by atoms with van der Waals surface area (Å²) in [6.07, 6.45) is 5.99. The van der Waals surface area contributed by atoms with E-state index in [1.807, 2.05) is 33.3 Å². The largest absolute Gasteiger partial charge is 1.00 e. The highest BCUT2D eigenvalue weighted by molar-refractivity contribution is 5.85. The molecule has 0 saturated carbocycles. The van der Waals surface area contributed by atoms with Crippen LogP contribution in [0.3, 0.4) is 0 Å². The van der Waals surface area contributed by atoms with Crippen molar-refractivity contribution in [3.63, 3.8) is 0 Å². The van der Waals surface area contributed by atoms with Crippen molar-refractivity contribution >= 4 is 24.3 Å². The minimum atomic E-state index is -0.731. The summed E-state index contributed by atoms with van der Waals surface area (Å²) < 4.78 is 6.54. The van der Waals surface area contributed by atoms with Gasteiger partial charge >= 0.3 is 5.97 Å². The molecule has 0 atom stereocenters. The monoisotopic (exact) mass is 425 g/mol. The van der Waals surface area contributed by atoms with Crippen molar-refractivity contribution in [2.24, 2.45) is 0 Å². The first-order valence-corrected chi connectivity index (χ1v) is 7.86. The topological polar surface area (TPSA) is 73.2 Å². The average Bonchev–Trinajstić information content (AvgIpc) is 2.46. The molecule has 0 amide bonds. The molecule has 0 unspecified atom stereocenters. The Kier molecular flexibility index (Phi) is 27.9. The van der Waals surface area contributed by atoms with Crippen molar-refractivity contribution in [1.29, 1.82) is 5.41 Å². The number of likely N-dealkylation sites (N-methyl/N-ethyl adjacent to an activating group) is 2. The van der Waals surface area contributed by atoms with Crippen molar-refractivity contribution in [1.82, 2.24) is 0 Å². The summed E-state index contributed by atoms with van der Waals surface area (Å²) >= 11 is 0. The number of carbonyl (C=O) groups excluding carboxylic acids is 1. The van der Waals surface area contributed by atoms with Crippen LogP contribution in [-0.2, 0) is 9.53 Å². The zero-order valence-corrected chi connectivity index (χ0v) is 18.9. The molecule has 0 rings (SSSR count). The number of carbonyl (C=O) groups is 1. The van der Waals surface area contributed by atoms with Crippen LogP contribution in [0.4, 0.5) is 0 Å². The van der Waals surface area contributed by atoms with E-state index in [1.165, 1.54) is 6.08 Å². The summed E-state index contributed by atoms with van der Waals surface area (Å²) in [6, 6.07) is 0. The number of nitrogens with one attached hydrogen (secondary N) is 1. The van der Waals surface area contributed by atoms with Crippen LogP contribution in [0, 0.1) is 5.41 Å². The molecule has 0 spiro atoms. The third-order valence-electron chi connectivity index (χ3n) is 2.61. The average molecular weight is 426 g/mol. The summed E-state index contributed by atoms with van der Waals surface area (Å²) in [5.41, 5.74) is 0. The van der Waals surface area contributed by atoms with Crippen LogP contribution in [0.15, 0.2) is 50.6 Å². The van der Waals surface area contributed by atoms with E-state index in [4.69, 9.17) is 10.1 Å². The Balaban J connectivity index is -0.0000000918. The smallest absolute Gasteiger partial charge is 0.330 e. The Morgan fingerprint density at radius 2 is 1.37 bits per heavy atom. The second-order valence-corrected chi connectivity index (χ2v) is 6.83. The van der Waals surface area contributed by atoms with Crippen molar-refractivity contribution in [3.05, 3.63) is 50.6 Å².